The normalized spacial score (nSPS) is 16.0. The number of amides is 3. The van der Waals surface area contributed by atoms with Crippen LogP contribution in [0.25, 0.3) is 5.69 Å². The van der Waals surface area contributed by atoms with Crippen molar-refractivity contribution in [1.82, 2.24) is 19.7 Å². The van der Waals surface area contributed by atoms with Crippen molar-refractivity contribution >= 4 is 29.3 Å². The third kappa shape index (κ3) is 5.76. The molecule has 0 unspecified atom stereocenters. The van der Waals surface area contributed by atoms with E-state index in [0.717, 1.165) is 61.8 Å². The van der Waals surface area contributed by atoms with E-state index in [1.807, 2.05) is 54.3 Å². The zero-order chi connectivity index (χ0) is 26.2. The van der Waals surface area contributed by atoms with Crippen LogP contribution < -0.4 is 15.5 Å². The molecule has 1 aliphatic carbocycles. The van der Waals surface area contributed by atoms with Crippen LogP contribution >= 0.6 is 0 Å². The molecule has 1 saturated carbocycles. The molecule has 9 nitrogen and oxygen atoms in total. The molecule has 0 atom stereocenters. The quantitative estimate of drug-likeness (QED) is 0.534. The van der Waals surface area contributed by atoms with Crippen LogP contribution in [0.1, 0.15) is 44.9 Å². The van der Waals surface area contributed by atoms with Gasteiger partial charge in [-0.2, -0.15) is 5.10 Å². The van der Waals surface area contributed by atoms with Gasteiger partial charge < -0.3 is 15.1 Å². The third-order valence-electron chi connectivity index (χ3n) is 6.85. The number of piperazine rings is 1. The molecule has 0 radical (unpaired) electrons. The first-order valence-electron chi connectivity index (χ1n) is 12.9. The molecule has 9 heteroatoms. The summed E-state index contributed by atoms with van der Waals surface area (Å²) in [6.07, 6.45) is 3.73. The van der Waals surface area contributed by atoms with Crippen molar-refractivity contribution < 1.29 is 9.59 Å². The number of hydrogen-bond acceptors (Lipinski definition) is 5. The van der Waals surface area contributed by atoms with Crippen LogP contribution in [0.5, 0.6) is 0 Å². The van der Waals surface area contributed by atoms with E-state index in [1.165, 1.54) is 0 Å². The Kier molecular flexibility index (Phi) is 6.62. The molecule has 2 fully saturated rings. The maximum Gasteiger partial charge on any atom is 0.324 e. The number of benzene rings is 1. The van der Waals surface area contributed by atoms with Crippen molar-refractivity contribution in [3.63, 3.8) is 0 Å². The molecule has 3 amide bonds. The van der Waals surface area contributed by atoms with Crippen LogP contribution in [0, 0.1) is 12.8 Å². The summed E-state index contributed by atoms with van der Waals surface area (Å²) in [5, 5.41) is 10.6. The number of pyridine rings is 1. The SMILES string of the molecule is Cc1ccc(-n2nc(C(C)(C)C)cc2NC(=O)Nc2ccc(N3CCN(C(=O)C4CC4)CC3)nc2)cc1. The highest BCUT2D eigenvalue weighted by Crippen LogP contribution is 2.31. The lowest BCUT2D eigenvalue weighted by molar-refractivity contribution is -0.132. The molecule has 2 aromatic heterocycles. The van der Waals surface area contributed by atoms with E-state index in [1.54, 1.807) is 10.9 Å². The summed E-state index contributed by atoms with van der Waals surface area (Å²) >= 11 is 0. The van der Waals surface area contributed by atoms with Crippen molar-refractivity contribution in [3.8, 4) is 5.69 Å². The molecule has 3 aromatic rings. The van der Waals surface area contributed by atoms with E-state index < -0.39 is 0 Å². The number of nitrogens with zero attached hydrogens (tertiary/aromatic N) is 5. The lowest BCUT2D eigenvalue weighted by Gasteiger charge is -2.35. The van der Waals surface area contributed by atoms with Gasteiger partial charge in [0.15, 0.2) is 0 Å². The Balaban J connectivity index is 1.22. The molecule has 2 N–H and O–H groups in total. The fraction of sp³-hybridized carbons (Fsp3) is 0.429. The lowest BCUT2D eigenvalue weighted by Crippen LogP contribution is -2.49. The highest BCUT2D eigenvalue weighted by Gasteiger charge is 2.34. The zero-order valence-corrected chi connectivity index (χ0v) is 22.0. The van der Waals surface area contributed by atoms with Gasteiger partial charge in [-0.05, 0) is 44.0 Å². The molecule has 0 spiro atoms. The Hall–Kier alpha value is -3.88. The number of aromatic nitrogens is 3. The second kappa shape index (κ2) is 9.88. The lowest BCUT2D eigenvalue weighted by atomic mass is 9.92. The monoisotopic (exact) mass is 501 g/mol. The van der Waals surface area contributed by atoms with Crippen LogP contribution in [0.2, 0.25) is 0 Å². The largest absolute Gasteiger partial charge is 0.353 e. The van der Waals surface area contributed by atoms with Gasteiger partial charge in [0.1, 0.15) is 11.6 Å². The number of hydrogen-bond donors (Lipinski definition) is 2. The molecular weight excluding hydrogens is 466 g/mol. The van der Waals surface area contributed by atoms with Gasteiger partial charge in [0.05, 0.1) is 23.3 Å². The summed E-state index contributed by atoms with van der Waals surface area (Å²) in [5.74, 6) is 2.00. The van der Waals surface area contributed by atoms with Crippen molar-refractivity contribution in [3.05, 3.63) is 59.9 Å². The number of rotatable bonds is 5. The second-order valence-corrected chi connectivity index (χ2v) is 11.0. The van der Waals surface area contributed by atoms with Crippen molar-refractivity contribution in [2.24, 2.45) is 5.92 Å². The van der Waals surface area contributed by atoms with Crippen LogP contribution in [0.15, 0.2) is 48.7 Å². The van der Waals surface area contributed by atoms with E-state index in [-0.39, 0.29) is 17.4 Å². The minimum absolute atomic E-state index is 0.167. The standard InChI is InChI=1S/C28H35N7O2/c1-19-5-10-22(11-6-19)35-25(17-23(32-35)28(2,3)4)31-27(37)30-21-9-12-24(29-18-21)33-13-15-34(16-14-33)26(36)20-7-8-20/h5-6,9-12,17-18,20H,7-8,13-16H2,1-4H3,(H2,30,31,37). The number of carbonyl (C=O) groups is 2. The minimum atomic E-state index is -0.365. The second-order valence-electron chi connectivity index (χ2n) is 11.0. The average Bonchev–Trinajstić information content (AvgIpc) is 3.64. The van der Waals surface area contributed by atoms with Crippen LogP contribution in [0.4, 0.5) is 22.1 Å². The molecule has 0 bridgehead atoms. The molecule has 194 valence electrons. The van der Waals surface area contributed by atoms with Crippen LogP contribution in [0.3, 0.4) is 0 Å². The molecular formula is C28H35N7O2. The van der Waals surface area contributed by atoms with Crippen molar-refractivity contribution in [2.45, 2.75) is 46.0 Å². The Morgan fingerprint density at radius 1 is 0.946 bits per heavy atom. The zero-order valence-electron chi connectivity index (χ0n) is 22.0. The number of carbonyl (C=O) groups excluding carboxylic acids is 2. The summed E-state index contributed by atoms with van der Waals surface area (Å²) in [6.45, 7) is 11.3. The van der Waals surface area contributed by atoms with Gasteiger partial charge in [0.2, 0.25) is 5.91 Å². The van der Waals surface area contributed by atoms with Gasteiger partial charge in [-0.3, -0.25) is 10.1 Å². The molecule has 3 heterocycles. The summed E-state index contributed by atoms with van der Waals surface area (Å²) in [6, 6.07) is 13.3. The first-order valence-corrected chi connectivity index (χ1v) is 12.9. The maximum atomic E-state index is 12.9. The van der Waals surface area contributed by atoms with E-state index in [0.29, 0.717) is 17.4 Å². The highest BCUT2D eigenvalue weighted by atomic mass is 16.2. The summed E-state index contributed by atoms with van der Waals surface area (Å²) in [4.78, 5) is 33.9. The van der Waals surface area contributed by atoms with Gasteiger partial charge in [0.25, 0.3) is 0 Å². The molecule has 37 heavy (non-hydrogen) atoms. The van der Waals surface area contributed by atoms with E-state index in [9.17, 15) is 9.59 Å². The first-order chi connectivity index (χ1) is 17.7. The fourth-order valence-electron chi connectivity index (χ4n) is 4.39. The van der Waals surface area contributed by atoms with E-state index in [4.69, 9.17) is 5.10 Å². The molecule has 1 aliphatic heterocycles. The minimum Gasteiger partial charge on any atom is -0.353 e. The predicted molar refractivity (Wildman–Crippen MR) is 145 cm³/mol. The summed E-state index contributed by atoms with van der Waals surface area (Å²) in [7, 11) is 0. The van der Waals surface area contributed by atoms with Gasteiger partial charge in [-0.25, -0.2) is 14.5 Å². The van der Waals surface area contributed by atoms with E-state index >= 15 is 0 Å². The molecule has 5 rings (SSSR count). The van der Waals surface area contributed by atoms with Crippen molar-refractivity contribution in [1.29, 1.82) is 0 Å². The van der Waals surface area contributed by atoms with Crippen molar-refractivity contribution in [2.75, 3.05) is 41.7 Å². The third-order valence-corrected chi connectivity index (χ3v) is 6.85. The Morgan fingerprint density at radius 3 is 2.24 bits per heavy atom. The van der Waals surface area contributed by atoms with Crippen LogP contribution in [-0.2, 0) is 10.2 Å². The van der Waals surface area contributed by atoms with E-state index in [2.05, 4.69) is 41.3 Å². The van der Waals surface area contributed by atoms with Gasteiger partial charge >= 0.3 is 6.03 Å². The average molecular weight is 502 g/mol. The Labute approximate surface area is 217 Å². The summed E-state index contributed by atoms with van der Waals surface area (Å²) < 4.78 is 1.76. The number of anilines is 3. The van der Waals surface area contributed by atoms with Gasteiger partial charge in [0, 0.05) is 43.6 Å². The topological polar surface area (TPSA) is 95.4 Å². The smallest absolute Gasteiger partial charge is 0.324 e. The number of nitrogens with one attached hydrogen (secondary N) is 2. The highest BCUT2D eigenvalue weighted by molar-refractivity contribution is 5.99. The Morgan fingerprint density at radius 2 is 1.65 bits per heavy atom. The van der Waals surface area contributed by atoms with Gasteiger partial charge in [-0.1, -0.05) is 38.5 Å². The molecule has 1 aromatic carbocycles. The summed E-state index contributed by atoms with van der Waals surface area (Å²) in [5.41, 5.74) is 3.35. The maximum absolute atomic E-state index is 12.9. The first kappa shape index (κ1) is 24.8. The molecule has 1 saturated heterocycles. The van der Waals surface area contributed by atoms with Crippen LogP contribution in [-0.4, -0.2) is 57.8 Å². The fourth-order valence-corrected chi connectivity index (χ4v) is 4.39. The number of aryl methyl sites for hydroxylation is 1. The molecule has 2 aliphatic rings. The Bertz CT molecular complexity index is 1260. The predicted octanol–water partition coefficient (Wildman–Crippen LogP) is 4.58. The van der Waals surface area contributed by atoms with Gasteiger partial charge in [-0.15, -0.1) is 0 Å². The number of urea groups is 1.